The topological polar surface area (TPSA) is 79.4 Å². The number of amides is 1. The minimum Gasteiger partial charge on any atom is -0.307 e. The predicted octanol–water partition coefficient (Wildman–Crippen LogP) is 3.25. The Morgan fingerprint density at radius 2 is 1.56 bits per heavy atom. The van der Waals surface area contributed by atoms with Gasteiger partial charge in [-0.15, -0.1) is 0 Å². The number of nitrogens with zero attached hydrogens (tertiary/aromatic N) is 2. The summed E-state index contributed by atoms with van der Waals surface area (Å²) in [6.45, 7) is 0. The van der Waals surface area contributed by atoms with Crippen molar-refractivity contribution >= 4 is 21.7 Å². The summed E-state index contributed by atoms with van der Waals surface area (Å²) in [4.78, 5) is 16.8. The molecule has 0 aliphatic carbocycles. The molecule has 0 aliphatic rings. The molecule has 7 heteroatoms. The largest absolute Gasteiger partial charge is 0.307 e. The van der Waals surface area contributed by atoms with Crippen LogP contribution in [-0.4, -0.2) is 37.7 Å². The summed E-state index contributed by atoms with van der Waals surface area (Å²) in [5.41, 5.74) is 2.34. The van der Waals surface area contributed by atoms with E-state index in [4.69, 9.17) is 0 Å². The number of benzene rings is 2. The van der Waals surface area contributed by atoms with Gasteiger partial charge >= 0.3 is 0 Å². The predicted molar refractivity (Wildman–Crippen MR) is 105 cm³/mol. The third-order valence-electron chi connectivity index (χ3n) is 4.01. The van der Waals surface area contributed by atoms with Crippen molar-refractivity contribution in [2.24, 2.45) is 0 Å². The van der Waals surface area contributed by atoms with Crippen LogP contribution in [0, 0.1) is 0 Å². The number of aromatic nitrogens is 1. The Labute approximate surface area is 158 Å². The monoisotopic (exact) mass is 381 g/mol. The molecule has 0 saturated heterocycles. The Balaban J connectivity index is 1.72. The highest BCUT2D eigenvalue weighted by atomic mass is 32.2. The molecule has 0 bridgehead atoms. The maximum absolute atomic E-state index is 12.4. The molecule has 138 valence electrons. The molecule has 2 aromatic carbocycles. The van der Waals surface area contributed by atoms with E-state index >= 15 is 0 Å². The fourth-order valence-electron chi connectivity index (χ4n) is 2.45. The second-order valence-corrected chi connectivity index (χ2v) is 8.22. The van der Waals surface area contributed by atoms with Gasteiger partial charge in [-0.2, -0.15) is 0 Å². The Morgan fingerprint density at radius 1 is 0.889 bits per heavy atom. The van der Waals surface area contributed by atoms with Crippen LogP contribution in [0.5, 0.6) is 0 Å². The molecule has 0 atom stereocenters. The number of carbonyl (C=O) groups is 1. The lowest BCUT2D eigenvalue weighted by molar-refractivity contribution is 0.102. The number of pyridine rings is 1. The number of rotatable bonds is 5. The minimum atomic E-state index is -3.52. The van der Waals surface area contributed by atoms with E-state index in [1.165, 1.54) is 38.4 Å². The van der Waals surface area contributed by atoms with Crippen molar-refractivity contribution in [1.29, 1.82) is 0 Å². The van der Waals surface area contributed by atoms with Crippen LogP contribution in [0.2, 0.25) is 0 Å². The number of carbonyl (C=O) groups excluding carboxylic acids is 1. The quantitative estimate of drug-likeness (QED) is 0.736. The normalized spacial score (nSPS) is 11.4. The van der Waals surface area contributed by atoms with Gasteiger partial charge < -0.3 is 5.32 Å². The summed E-state index contributed by atoms with van der Waals surface area (Å²) in [5, 5.41) is 2.71. The lowest BCUT2D eigenvalue weighted by Gasteiger charge is -2.11. The highest BCUT2D eigenvalue weighted by Crippen LogP contribution is 2.19. The van der Waals surface area contributed by atoms with Crippen molar-refractivity contribution in [3.8, 4) is 11.1 Å². The van der Waals surface area contributed by atoms with Gasteiger partial charge in [0.15, 0.2) is 0 Å². The average molecular weight is 381 g/mol. The molecule has 1 N–H and O–H groups in total. The first-order valence-corrected chi connectivity index (χ1v) is 9.67. The SMILES string of the molecule is CN(C)S(=O)(=O)c1ccc(C(=O)Nc2ccc(-c3ccccc3)cn2)cc1. The molecule has 3 aromatic rings. The molecule has 0 aliphatic heterocycles. The zero-order chi connectivity index (χ0) is 19.4. The van der Waals surface area contributed by atoms with Gasteiger partial charge in [-0.05, 0) is 42.0 Å². The molecule has 3 rings (SSSR count). The van der Waals surface area contributed by atoms with Gasteiger partial charge in [0.05, 0.1) is 4.90 Å². The summed E-state index contributed by atoms with van der Waals surface area (Å²) in [5.74, 6) is 0.0634. The van der Waals surface area contributed by atoms with Crippen LogP contribution in [0.3, 0.4) is 0 Å². The Bertz CT molecular complexity index is 1030. The number of nitrogens with one attached hydrogen (secondary N) is 1. The lowest BCUT2D eigenvalue weighted by Crippen LogP contribution is -2.22. The zero-order valence-electron chi connectivity index (χ0n) is 15.0. The van der Waals surface area contributed by atoms with Gasteiger partial charge in [0, 0.05) is 31.4 Å². The van der Waals surface area contributed by atoms with Crippen molar-refractivity contribution < 1.29 is 13.2 Å². The number of sulfonamides is 1. The van der Waals surface area contributed by atoms with E-state index < -0.39 is 10.0 Å². The van der Waals surface area contributed by atoms with E-state index in [-0.39, 0.29) is 10.8 Å². The molecule has 0 radical (unpaired) electrons. The van der Waals surface area contributed by atoms with Crippen molar-refractivity contribution in [3.05, 3.63) is 78.5 Å². The number of hydrogen-bond donors (Lipinski definition) is 1. The first-order chi connectivity index (χ1) is 12.9. The maximum atomic E-state index is 12.4. The third kappa shape index (κ3) is 4.21. The average Bonchev–Trinajstić information content (AvgIpc) is 2.69. The van der Waals surface area contributed by atoms with Gasteiger partial charge in [-0.25, -0.2) is 17.7 Å². The zero-order valence-corrected chi connectivity index (χ0v) is 15.8. The molecule has 0 spiro atoms. The van der Waals surface area contributed by atoms with Gasteiger partial charge in [0.2, 0.25) is 10.0 Å². The van der Waals surface area contributed by atoms with E-state index in [0.29, 0.717) is 11.4 Å². The van der Waals surface area contributed by atoms with Crippen LogP contribution < -0.4 is 5.32 Å². The molecule has 27 heavy (non-hydrogen) atoms. The molecule has 0 fully saturated rings. The highest BCUT2D eigenvalue weighted by molar-refractivity contribution is 7.89. The summed E-state index contributed by atoms with van der Waals surface area (Å²) in [6.07, 6.45) is 1.69. The van der Waals surface area contributed by atoms with Crippen LogP contribution in [0.25, 0.3) is 11.1 Å². The van der Waals surface area contributed by atoms with E-state index in [1.807, 2.05) is 36.4 Å². The second kappa shape index (κ2) is 7.69. The number of anilines is 1. The highest BCUT2D eigenvalue weighted by Gasteiger charge is 2.17. The number of hydrogen-bond acceptors (Lipinski definition) is 4. The maximum Gasteiger partial charge on any atom is 0.256 e. The van der Waals surface area contributed by atoms with Crippen molar-refractivity contribution in [3.63, 3.8) is 0 Å². The van der Waals surface area contributed by atoms with Crippen molar-refractivity contribution in [1.82, 2.24) is 9.29 Å². The molecular formula is C20H19N3O3S. The van der Waals surface area contributed by atoms with Crippen molar-refractivity contribution in [2.75, 3.05) is 19.4 Å². The standard InChI is InChI=1S/C20H19N3O3S/c1-23(2)27(25,26)18-11-8-16(9-12-18)20(24)22-19-13-10-17(14-21-19)15-6-4-3-5-7-15/h3-14H,1-2H3,(H,21,22,24). The molecule has 1 amide bonds. The fourth-order valence-corrected chi connectivity index (χ4v) is 3.35. The van der Waals surface area contributed by atoms with Gasteiger partial charge in [-0.3, -0.25) is 4.79 Å². The molecule has 0 unspecified atom stereocenters. The lowest BCUT2D eigenvalue weighted by atomic mass is 10.1. The van der Waals surface area contributed by atoms with E-state index in [1.54, 1.807) is 12.3 Å². The van der Waals surface area contributed by atoms with Crippen LogP contribution in [0.15, 0.2) is 77.8 Å². The summed E-state index contributed by atoms with van der Waals surface area (Å²) < 4.78 is 25.3. The smallest absolute Gasteiger partial charge is 0.256 e. The van der Waals surface area contributed by atoms with Crippen LogP contribution in [0.1, 0.15) is 10.4 Å². The van der Waals surface area contributed by atoms with Gasteiger partial charge in [0.25, 0.3) is 5.91 Å². The Hall–Kier alpha value is -3.03. The van der Waals surface area contributed by atoms with Gasteiger partial charge in [-0.1, -0.05) is 30.3 Å². The Morgan fingerprint density at radius 3 is 2.11 bits per heavy atom. The van der Waals surface area contributed by atoms with E-state index in [9.17, 15) is 13.2 Å². The van der Waals surface area contributed by atoms with E-state index in [2.05, 4.69) is 10.3 Å². The molecular weight excluding hydrogens is 362 g/mol. The van der Waals surface area contributed by atoms with Crippen LogP contribution >= 0.6 is 0 Å². The first kappa shape index (κ1) is 18.8. The van der Waals surface area contributed by atoms with Crippen LogP contribution in [0.4, 0.5) is 5.82 Å². The summed E-state index contributed by atoms with van der Waals surface area (Å²) >= 11 is 0. The second-order valence-electron chi connectivity index (χ2n) is 6.06. The Kier molecular flexibility index (Phi) is 5.34. The molecule has 1 aromatic heterocycles. The summed E-state index contributed by atoms with van der Waals surface area (Å²) in [7, 11) is -0.602. The molecule has 0 saturated carbocycles. The summed E-state index contributed by atoms with van der Waals surface area (Å²) in [6, 6.07) is 19.2. The van der Waals surface area contributed by atoms with Crippen molar-refractivity contribution in [2.45, 2.75) is 4.90 Å². The van der Waals surface area contributed by atoms with Crippen LogP contribution in [-0.2, 0) is 10.0 Å². The fraction of sp³-hybridized carbons (Fsp3) is 0.100. The third-order valence-corrected chi connectivity index (χ3v) is 5.84. The first-order valence-electron chi connectivity index (χ1n) is 8.23. The van der Waals surface area contributed by atoms with E-state index in [0.717, 1.165) is 15.4 Å². The molecule has 1 heterocycles. The minimum absolute atomic E-state index is 0.134. The van der Waals surface area contributed by atoms with Gasteiger partial charge in [0.1, 0.15) is 5.82 Å². The molecule has 6 nitrogen and oxygen atoms in total.